The first-order valence-corrected chi connectivity index (χ1v) is 7.46. The number of aryl methyl sites for hydroxylation is 4. The van der Waals surface area contributed by atoms with E-state index in [1.807, 2.05) is 0 Å². The summed E-state index contributed by atoms with van der Waals surface area (Å²) < 4.78 is 1.44. The molecule has 0 bridgehead atoms. The number of hydrogen-bond acceptors (Lipinski definition) is 0. The SMILES string of the molecule is Cc1ccc([C](=[Zr+2])c2ccc(C)c(C)c2)cc1C. The molecule has 0 spiro atoms. The maximum atomic E-state index is 2.30. The van der Waals surface area contributed by atoms with Crippen LogP contribution in [-0.2, 0) is 24.2 Å². The molecule has 0 fully saturated rings. The van der Waals surface area contributed by atoms with Crippen LogP contribution >= 0.6 is 0 Å². The average Bonchev–Trinajstić information content (AvgIpc) is 2.35. The Morgan fingerprint density at radius 3 is 1.39 bits per heavy atom. The zero-order chi connectivity index (χ0) is 13.3. The van der Waals surface area contributed by atoms with Crippen molar-refractivity contribution >= 4 is 3.21 Å². The summed E-state index contributed by atoms with van der Waals surface area (Å²) in [5, 5.41) is 0. The fourth-order valence-corrected chi connectivity index (χ4v) is 2.72. The summed E-state index contributed by atoms with van der Waals surface area (Å²) in [4.78, 5) is 0. The van der Waals surface area contributed by atoms with Crippen molar-refractivity contribution in [2.75, 3.05) is 0 Å². The first-order valence-electron chi connectivity index (χ1n) is 6.23. The van der Waals surface area contributed by atoms with Gasteiger partial charge in [-0.05, 0) is 0 Å². The van der Waals surface area contributed by atoms with E-state index in [1.165, 1.54) is 60.8 Å². The van der Waals surface area contributed by atoms with Gasteiger partial charge >= 0.3 is 125 Å². The molecule has 2 aromatic carbocycles. The van der Waals surface area contributed by atoms with E-state index in [4.69, 9.17) is 0 Å². The van der Waals surface area contributed by atoms with Crippen LogP contribution in [0.2, 0.25) is 0 Å². The standard InChI is InChI=1S/C17H18.Zr/c1-12-5-7-16(9-14(12)3)11-17-8-6-13(2)15(4)10-17;/h5-10H,1-4H3;/q;+2. The third-order valence-electron chi connectivity index (χ3n) is 3.59. The summed E-state index contributed by atoms with van der Waals surface area (Å²) in [6, 6.07) is 13.5. The molecule has 0 N–H and O–H groups in total. The van der Waals surface area contributed by atoms with Crippen LogP contribution in [0.15, 0.2) is 36.4 Å². The summed E-state index contributed by atoms with van der Waals surface area (Å²) in [5.41, 5.74) is 8.19. The summed E-state index contributed by atoms with van der Waals surface area (Å²) in [5.74, 6) is 0. The van der Waals surface area contributed by atoms with Gasteiger partial charge in [0, 0.05) is 0 Å². The summed E-state index contributed by atoms with van der Waals surface area (Å²) in [7, 11) is 0. The summed E-state index contributed by atoms with van der Waals surface area (Å²) >= 11 is 1.47. The Balaban J connectivity index is 2.41. The molecule has 18 heavy (non-hydrogen) atoms. The van der Waals surface area contributed by atoms with Gasteiger partial charge in [0.25, 0.3) is 0 Å². The summed E-state index contributed by atoms with van der Waals surface area (Å²) in [6.45, 7) is 8.70. The zero-order valence-electron chi connectivity index (χ0n) is 11.5. The van der Waals surface area contributed by atoms with Crippen LogP contribution in [0, 0.1) is 27.7 Å². The van der Waals surface area contributed by atoms with Gasteiger partial charge < -0.3 is 0 Å². The fraction of sp³-hybridized carbons (Fsp3) is 0.235. The van der Waals surface area contributed by atoms with Crippen molar-refractivity contribution < 1.29 is 24.2 Å². The second kappa shape index (κ2) is 5.45. The predicted molar refractivity (Wildman–Crippen MR) is 75.0 cm³/mol. The molecule has 0 heterocycles. The Labute approximate surface area is 124 Å². The Kier molecular flexibility index (Phi) is 4.12. The third-order valence-corrected chi connectivity index (χ3v) is 5.01. The molecule has 88 valence electrons. The molecule has 0 saturated carbocycles. The van der Waals surface area contributed by atoms with Gasteiger partial charge in [-0.25, -0.2) is 0 Å². The van der Waals surface area contributed by atoms with Crippen LogP contribution in [0.3, 0.4) is 0 Å². The minimum atomic E-state index is 1.36. The first kappa shape index (κ1) is 13.6. The Morgan fingerprint density at radius 2 is 1.06 bits per heavy atom. The molecule has 0 nitrogen and oxygen atoms in total. The topological polar surface area (TPSA) is 0 Å². The van der Waals surface area contributed by atoms with Gasteiger partial charge in [0.05, 0.1) is 0 Å². The van der Waals surface area contributed by atoms with Crippen LogP contribution in [0.5, 0.6) is 0 Å². The van der Waals surface area contributed by atoms with E-state index in [9.17, 15) is 0 Å². The first-order chi connectivity index (χ1) is 8.49. The van der Waals surface area contributed by atoms with E-state index in [0.29, 0.717) is 0 Å². The molecule has 2 aromatic rings. The van der Waals surface area contributed by atoms with Crippen molar-refractivity contribution in [3.8, 4) is 0 Å². The van der Waals surface area contributed by atoms with Crippen LogP contribution in [0.25, 0.3) is 0 Å². The van der Waals surface area contributed by atoms with Crippen molar-refractivity contribution in [3.05, 3.63) is 69.8 Å². The van der Waals surface area contributed by atoms with E-state index < -0.39 is 0 Å². The quantitative estimate of drug-likeness (QED) is 0.785. The molecule has 0 aliphatic heterocycles. The second-order valence-electron chi connectivity index (χ2n) is 4.97. The van der Waals surface area contributed by atoms with E-state index in [2.05, 4.69) is 64.1 Å². The van der Waals surface area contributed by atoms with E-state index in [1.54, 1.807) is 0 Å². The van der Waals surface area contributed by atoms with Crippen molar-refractivity contribution in [2.45, 2.75) is 27.7 Å². The third kappa shape index (κ3) is 2.78. The van der Waals surface area contributed by atoms with Crippen LogP contribution in [0.1, 0.15) is 33.4 Å². The number of rotatable bonds is 2. The number of hydrogen-bond donors (Lipinski definition) is 0. The van der Waals surface area contributed by atoms with E-state index >= 15 is 0 Å². The molecule has 0 unspecified atom stereocenters. The molecule has 0 atom stereocenters. The Hall–Kier alpha value is -0.807. The molecule has 0 saturated heterocycles. The molecular weight excluding hydrogens is 295 g/mol. The van der Waals surface area contributed by atoms with Crippen molar-refractivity contribution in [2.24, 2.45) is 0 Å². The van der Waals surface area contributed by atoms with Gasteiger partial charge in [0.2, 0.25) is 0 Å². The van der Waals surface area contributed by atoms with Crippen LogP contribution in [-0.4, -0.2) is 3.21 Å². The van der Waals surface area contributed by atoms with Gasteiger partial charge in [-0.15, -0.1) is 0 Å². The van der Waals surface area contributed by atoms with Crippen molar-refractivity contribution in [1.29, 1.82) is 0 Å². The molecule has 0 aromatic heterocycles. The molecule has 1 heteroatoms. The van der Waals surface area contributed by atoms with Crippen molar-refractivity contribution in [3.63, 3.8) is 0 Å². The Morgan fingerprint density at radius 1 is 0.667 bits per heavy atom. The molecule has 0 amide bonds. The second-order valence-corrected chi connectivity index (χ2v) is 6.20. The predicted octanol–water partition coefficient (Wildman–Crippen LogP) is 4.04. The fourth-order valence-electron chi connectivity index (χ4n) is 1.96. The molecule has 0 aliphatic rings. The maximum absolute atomic E-state index is 2.30. The van der Waals surface area contributed by atoms with Crippen LogP contribution in [0.4, 0.5) is 0 Å². The molecule has 2 rings (SSSR count). The van der Waals surface area contributed by atoms with Gasteiger partial charge in [-0.1, -0.05) is 0 Å². The van der Waals surface area contributed by atoms with E-state index in [-0.39, 0.29) is 0 Å². The molecular formula is C17H18Zr+2. The van der Waals surface area contributed by atoms with Crippen molar-refractivity contribution in [1.82, 2.24) is 0 Å². The summed E-state index contributed by atoms with van der Waals surface area (Å²) in [6.07, 6.45) is 0. The molecule has 0 aliphatic carbocycles. The number of benzene rings is 2. The zero-order valence-corrected chi connectivity index (χ0v) is 13.9. The van der Waals surface area contributed by atoms with Gasteiger partial charge in [-0.3, -0.25) is 0 Å². The van der Waals surface area contributed by atoms with Gasteiger partial charge in [0.15, 0.2) is 0 Å². The minimum absolute atomic E-state index is 1.36. The monoisotopic (exact) mass is 312 g/mol. The van der Waals surface area contributed by atoms with E-state index in [0.717, 1.165) is 0 Å². The normalized spacial score (nSPS) is 10.6. The van der Waals surface area contributed by atoms with Crippen LogP contribution < -0.4 is 0 Å². The average molecular weight is 314 g/mol. The van der Waals surface area contributed by atoms with Gasteiger partial charge in [-0.2, -0.15) is 0 Å². The Bertz CT molecular complexity index is 556. The van der Waals surface area contributed by atoms with Gasteiger partial charge in [0.1, 0.15) is 0 Å². The molecule has 0 radical (unpaired) electrons.